The molecule has 5 nitrogen and oxygen atoms in total. The van der Waals surface area contributed by atoms with Crippen molar-refractivity contribution >= 4 is 23.1 Å². The number of ether oxygens (including phenoxy) is 1. The topological polar surface area (TPSA) is 72.6 Å². The van der Waals surface area contributed by atoms with Crippen molar-refractivity contribution in [3.63, 3.8) is 0 Å². The molecule has 18 heavy (non-hydrogen) atoms. The molecule has 0 aromatic heterocycles. The van der Waals surface area contributed by atoms with Crippen molar-refractivity contribution in [3.8, 4) is 5.75 Å². The van der Waals surface area contributed by atoms with E-state index in [9.17, 15) is 9.59 Å². The lowest BCUT2D eigenvalue weighted by atomic mass is 10.1. The summed E-state index contributed by atoms with van der Waals surface area (Å²) in [6.07, 6.45) is -0.238. The van der Waals surface area contributed by atoms with Crippen molar-refractivity contribution in [1.29, 1.82) is 0 Å². The summed E-state index contributed by atoms with van der Waals surface area (Å²) >= 11 is 0. The molecular weight excluding hydrogens is 232 g/mol. The van der Waals surface area contributed by atoms with E-state index < -0.39 is 6.10 Å². The molecular formula is C13H16N2O3. The summed E-state index contributed by atoms with van der Waals surface area (Å²) < 4.78 is 5.51. The fraction of sp³-hybridized carbons (Fsp3) is 0.385. The summed E-state index contributed by atoms with van der Waals surface area (Å²) in [6, 6.07) is 5.27. The van der Waals surface area contributed by atoms with Crippen LogP contribution in [0.3, 0.4) is 0 Å². The average molecular weight is 248 g/mol. The molecule has 0 aliphatic carbocycles. The first-order valence-electron chi connectivity index (χ1n) is 5.86. The van der Waals surface area contributed by atoms with Crippen LogP contribution in [0.15, 0.2) is 18.2 Å². The molecule has 0 radical (unpaired) electrons. The monoisotopic (exact) mass is 248 g/mol. The van der Waals surface area contributed by atoms with Crippen molar-refractivity contribution in [2.45, 2.75) is 26.4 Å². The van der Waals surface area contributed by atoms with Crippen molar-refractivity contribution in [3.05, 3.63) is 18.2 Å². The zero-order valence-corrected chi connectivity index (χ0v) is 10.5. The molecule has 1 aromatic carbocycles. The number of Topliss-reactive ketones (excluding diaryl/α,β-unsaturated/α-hetero) is 1. The van der Waals surface area contributed by atoms with Crippen molar-refractivity contribution in [2.24, 2.45) is 0 Å². The number of fused-ring (bicyclic) bond motifs is 1. The van der Waals surface area contributed by atoms with Gasteiger partial charge in [0, 0.05) is 13.0 Å². The van der Waals surface area contributed by atoms with Gasteiger partial charge in [0.15, 0.2) is 6.10 Å². The molecule has 1 aliphatic heterocycles. The number of ketones is 1. The Morgan fingerprint density at radius 1 is 1.50 bits per heavy atom. The molecule has 0 fully saturated rings. The minimum Gasteiger partial charge on any atom is -0.479 e. The van der Waals surface area contributed by atoms with Gasteiger partial charge in [-0.05, 0) is 26.0 Å². The Bertz CT molecular complexity index is 499. The van der Waals surface area contributed by atoms with Gasteiger partial charge < -0.3 is 15.4 Å². The predicted octanol–water partition coefficient (Wildman–Crippen LogP) is 1.36. The molecule has 1 amide bonds. The van der Waals surface area contributed by atoms with Gasteiger partial charge in [-0.2, -0.15) is 0 Å². The smallest absolute Gasteiger partial charge is 0.267 e. The van der Waals surface area contributed by atoms with E-state index in [4.69, 9.17) is 10.5 Å². The number of nitrogens with two attached hydrogens (primary N) is 1. The highest BCUT2D eigenvalue weighted by Crippen LogP contribution is 2.38. The van der Waals surface area contributed by atoms with Gasteiger partial charge in [0.05, 0.1) is 5.69 Å². The van der Waals surface area contributed by atoms with E-state index in [0.717, 1.165) is 0 Å². The molecule has 5 heteroatoms. The van der Waals surface area contributed by atoms with E-state index >= 15 is 0 Å². The van der Waals surface area contributed by atoms with Gasteiger partial charge in [0.1, 0.15) is 17.2 Å². The fourth-order valence-electron chi connectivity index (χ4n) is 1.99. The Hall–Kier alpha value is -2.04. The number of benzene rings is 1. The second kappa shape index (κ2) is 4.68. The third kappa shape index (κ3) is 2.16. The molecule has 1 heterocycles. The Morgan fingerprint density at radius 2 is 2.22 bits per heavy atom. The Labute approximate surface area is 106 Å². The van der Waals surface area contributed by atoms with Crippen molar-refractivity contribution < 1.29 is 14.3 Å². The van der Waals surface area contributed by atoms with Crippen LogP contribution in [0, 0.1) is 0 Å². The number of carbonyl (C=O) groups excluding carboxylic acids is 2. The number of amides is 1. The average Bonchev–Trinajstić information content (AvgIpc) is 2.30. The van der Waals surface area contributed by atoms with E-state index in [1.165, 1.54) is 6.92 Å². The quantitative estimate of drug-likeness (QED) is 0.820. The minimum atomic E-state index is -0.550. The van der Waals surface area contributed by atoms with Gasteiger partial charge in [0.25, 0.3) is 5.91 Å². The SMILES string of the molecule is CC(=O)CCN1C(=O)C(C)Oc2cccc(N)c21. The van der Waals surface area contributed by atoms with Crippen LogP contribution in [0.5, 0.6) is 5.75 Å². The number of nitrogen functional groups attached to an aromatic ring is 1. The Balaban J connectivity index is 2.38. The van der Waals surface area contributed by atoms with Crippen LogP contribution < -0.4 is 15.4 Å². The van der Waals surface area contributed by atoms with Gasteiger partial charge in [-0.3, -0.25) is 9.59 Å². The van der Waals surface area contributed by atoms with Crippen LogP contribution in [0.2, 0.25) is 0 Å². The molecule has 1 aromatic rings. The second-order valence-corrected chi connectivity index (χ2v) is 4.40. The highest BCUT2D eigenvalue weighted by molar-refractivity contribution is 6.03. The normalized spacial score (nSPS) is 18.2. The number of nitrogens with zero attached hydrogens (tertiary/aromatic N) is 1. The van der Waals surface area contributed by atoms with Crippen molar-refractivity contribution in [1.82, 2.24) is 0 Å². The van der Waals surface area contributed by atoms with Gasteiger partial charge in [-0.25, -0.2) is 0 Å². The summed E-state index contributed by atoms with van der Waals surface area (Å²) in [5.74, 6) is 0.463. The molecule has 96 valence electrons. The van der Waals surface area contributed by atoms with Crippen LogP contribution in [-0.2, 0) is 9.59 Å². The maximum Gasteiger partial charge on any atom is 0.267 e. The van der Waals surface area contributed by atoms with E-state index in [0.29, 0.717) is 30.1 Å². The summed E-state index contributed by atoms with van der Waals surface area (Å²) in [6.45, 7) is 3.53. The summed E-state index contributed by atoms with van der Waals surface area (Å²) in [5, 5.41) is 0. The highest BCUT2D eigenvalue weighted by Gasteiger charge is 2.32. The Kier molecular flexibility index (Phi) is 3.23. The van der Waals surface area contributed by atoms with E-state index in [1.807, 2.05) is 0 Å². The highest BCUT2D eigenvalue weighted by atomic mass is 16.5. The first kappa shape index (κ1) is 12.4. The van der Waals surface area contributed by atoms with Gasteiger partial charge in [-0.1, -0.05) is 6.07 Å². The minimum absolute atomic E-state index is 0.0398. The van der Waals surface area contributed by atoms with Crippen molar-refractivity contribution in [2.75, 3.05) is 17.2 Å². The van der Waals surface area contributed by atoms with Gasteiger partial charge in [-0.15, -0.1) is 0 Å². The zero-order valence-electron chi connectivity index (χ0n) is 10.5. The van der Waals surface area contributed by atoms with Crippen LogP contribution in [0.25, 0.3) is 0 Å². The summed E-state index contributed by atoms with van der Waals surface area (Å²) in [4.78, 5) is 24.7. The van der Waals surface area contributed by atoms with Crippen LogP contribution in [0.4, 0.5) is 11.4 Å². The Morgan fingerprint density at radius 3 is 2.89 bits per heavy atom. The number of hydrogen-bond acceptors (Lipinski definition) is 4. The molecule has 1 unspecified atom stereocenters. The number of rotatable bonds is 3. The number of carbonyl (C=O) groups is 2. The number of para-hydroxylation sites is 1. The molecule has 1 atom stereocenters. The molecule has 2 N–H and O–H groups in total. The van der Waals surface area contributed by atoms with Gasteiger partial charge >= 0.3 is 0 Å². The fourth-order valence-corrected chi connectivity index (χ4v) is 1.99. The largest absolute Gasteiger partial charge is 0.479 e. The molecule has 0 saturated heterocycles. The maximum absolute atomic E-state index is 12.1. The lowest BCUT2D eigenvalue weighted by Gasteiger charge is -2.33. The molecule has 0 spiro atoms. The third-order valence-electron chi connectivity index (χ3n) is 2.91. The summed E-state index contributed by atoms with van der Waals surface area (Å²) in [7, 11) is 0. The molecule has 0 saturated carbocycles. The molecule has 2 rings (SSSR count). The third-order valence-corrected chi connectivity index (χ3v) is 2.91. The van der Waals surface area contributed by atoms with Crippen LogP contribution >= 0.6 is 0 Å². The lowest BCUT2D eigenvalue weighted by molar-refractivity contribution is -0.125. The number of anilines is 2. The standard InChI is InChI=1S/C13H16N2O3/c1-8(16)6-7-15-12-10(14)4-3-5-11(12)18-9(2)13(15)17/h3-5,9H,6-7,14H2,1-2H3. The van der Waals surface area contributed by atoms with E-state index in [-0.39, 0.29) is 11.7 Å². The first-order valence-corrected chi connectivity index (χ1v) is 5.86. The van der Waals surface area contributed by atoms with E-state index in [2.05, 4.69) is 0 Å². The maximum atomic E-state index is 12.1. The zero-order chi connectivity index (χ0) is 13.3. The van der Waals surface area contributed by atoms with Crippen LogP contribution in [0.1, 0.15) is 20.3 Å². The van der Waals surface area contributed by atoms with E-state index in [1.54, 1.807) is 30.0 Å². The number of hydrogen-bond donors (Lipinski definition) is 1. The molecule has 0 bridgehead atoms. The first-order chi connectivity index (χ1) is 8.50. The second-order valence-electron chi connectivity index (χ2n) is 4.40. The van der Waals surface area contributed by atoms with Gasteiger partial charge in [0.2, 0.25) is 0 Å². The van der Waals surface area contributed by atoms with Crippen LogP contribution in [-0.4, -0.2) is 24.3 Å². The predicted molar refractivity (Wildman–Crippen MR) is 68.6 cm³/mol. The molecule has 1 aliphatic rings. The lowest BCUT2D eigenvalue weighted by Crippen LogP contribution is -2.45. The summed E-state index contributed by atoms with van der Waals surface area (Å²) in [5.41, 5.74) is 6.94.